The highest BCUT2D eigenvalue weighted by molar-refractivity contribution is 5.78. The minimum absolute atomic E-state index is 0.0265. The topological polar surface area (TPSA) is 84.5 Å². The molecule has 3 rings (SSSR count). The predicted molar refractivity (Wildman–Crippen MR) is 87.3 cm³/mol. The average molecular weight is 383 g/mol. The molecular formula is C17H16F3N3O4. The van der Waals surface area contributed by atoms with E-state index in [1.54, 1.807) is 13.0 Å². The summed E-state index contributed by atoms with van der Waals surface area (Å²) >= 11 is 0. The fraction of sp³-hybridized carbons (Fsp3) is 0.353. The number of aryl methyl sites for hydroxylation is 1. The zero-order chi connectivity index (χ0) is 19.6. The number of carbonyl (C=O) groups excluding carboxylic acids is 1. The number of hydrogen-bond acceptors (Lipinski definition) is 5. The van der Waals surface area contributed by atoms with Gasteiger partial charge >= 0.3 is 6.18 Å². The zero-order valence-corrected chi connectivity index (χ0v) is 14.3. The number of halogens is 3. The molecule has 0 spiro atoms. The Hall–Kier alpha value is -3.04. The normalized spacial score (nSPS) is 13.4. The Balaban J connectivity index is 1.62. The zero-order valence-electron chi connectivity index (χ0n) is 14.3. The highest BCUT2D eigenvalue weighted by Crippen LogP contribution is 2.28. The quantitative estimate of drug-likeness (QED) is 0.853. The molecule has 1 aromatic carbocycles. The lowest BCUT2D eigenvalue weighted by Gasteiger charge is -2.17. The summed E-state index contributed by atoms with van der Waals surface area (Å²) in [6.45, 7) is 0.0574. The summed E-state index contributed by atoms with van der Waals surface area (Å²) in [5.74, 6) is -0.0459. The summed E-state index contributed by atoms with van der Waals surface area (Å²) in [6.07, 6.45) is -4.48. The molecule has 0 unspecified atom stereocenters. The third-order valence-corrected chi connectivity index (χ3v) is 3.85. The van der Waals surface area contributed by atoms with Crippen LogP contribution in [0.2, 0.25) is 0 Å². The van der Waals surface area contributed by atoms with Gasteiger partial charge in [0.1, 0.15) is 5.82 Å². The second-order valence-corrected chi connectivity index (χ2v) is 5.97. The molecule has 1 amide bonds. The number of ether oxygens (including phenoxy) is 2. The van der Waals surface area contributed by atoms with E-state index in [1.165, 1.54) is 23.1 Å². The molecule has 2 aromatic rings. The molecule has 144 valence electrons. The summed E-state index contributed by atoms with van der Waals surface area (Å²) in [6, 6.07) is 5.78. The maximum Gasteiger partial charge on any atom is 0.422 e. The van der Waals surface area contributed by atoms with Gasteiger partial charge < -0.3 is 19.4 Å². The molecule has 1 aromatic heterocycles. The van der Waals surface area contributed by atoms with Crippen molar-refractivity contribution in [3.05, 3.63) is 51.7 Å². The Morgan fingerprint density at radius 2 is 1.89 bits per heavy atom. The monoisotopic (exact) mass is 383 g/mol. The van der Waals surface area contributed by atoms with Crippen molar-refractivity contribution in [3.63, 3.8) is 0 Å². The first-order valence-corrected chi connectivity index (χ1v) is 8.01. The summed E-state index contributed by atoms with van der Waals surface area (Å²) in [5.41, 5.74) is 0.654. The van der Waals surface area contributed by atoms with Gasteiger partial charge in [-0.25, -0.2) is 4.98 Å². The second kappa shape index (κ2) is 7.29. The van der Waals surface area contributed by atoms with Gasteiger partial charge in [0, 0.05) is 0 Å². The number of nitrogens with zero attached hydrogens (tertiary/aromatic N) is 2. The van der Waals surface area contributed by atoms with Crippen molar-refractivity contribution in [1.82, 2.24) is 14.9 Å². The number of carbonyl (C=O) groups is 1. The molecule has 10 heteroatoms. The first kappa shape index (κ1) is 18.7. The van der Waals surface area contributed by atoms with Crippen LogP contribution in [0.5, 0.6) is 11.5 Å². The third-order valence-electron chi connectivity index (χ3n) is 3.85. The molecule has 0 bridgehead atoms. The van der Waals surface area contributed by atoms with Crippen LogP contribution in [-0.4, -0.2) is 40.2 Å². The maximum absolute atomic E-state index is 12.4. The Bertz CT molecular complexity index is 911. The molecule has 1 aliphatic heterocycles. The largest absolute Gasteiger partial charge is 0.480 e. The molecule has 1 N–H and O–H groups in total. The van der Waals surface area contributed by atoms with Crippen molar-refractivity contribution in [1.29, 1.82) is 0 Å². The van der Waals surface area contributed by atoms with Gasteiger partial charge in [0.15, 0.2) is 24.7 Å². The molecule has 0 atom stereocenters. The molecule has 2 heterocycles. The molecule has 0 aliphatic carbocycles. The Morgan fingerprint density at radius 3 is 2.56 bits per heavy atom. The molecule has 0 saturated heterocycles. The molecule has 0 fully saturated rings. The van der Waals surface area contributed by atoms with E-state index in [1.807, 2.05) is 0 Å². The fourth-order valence-corrected chi connectivity index (χ4v) is 2.65. The van der Waals surface area contributed by atoms with Gasteiger partial charge in [-0.05, 0) is 19.1 Å². The number of benzene rings is 1. The molecular weight excluding hydrogens is 367 g/mol. The molecule has 0 radical (unpaired) electrons. The number of aromatic amines is 1. The lowest BCUT2D eigenvalue weighted by Crippen LogP contribution is -2.31. The lowest BCUT2D eigenvalue weighted by molar-refractivity contribution is -0.153. The van der Waals surface area contributed by atoms with Crippen LogP contribution in [0.4, 0.5) is 13.2 Å². The van der Waals surface area contributed by atoms with Crippen molar-refractivity contribution in [2.24, 2.45) is 0 Å². The van der Waals surface area contributed by atoms with Gasteiger partial charge in [-0.3, -0.25) is 9.59 Å². The molecule has 7 nitrogen and oxygen atoms in total. The van der Waals surface area contributed by atoms with Gasteiger partial charge in [-0.15, -0.1) is 0 Å². The number of H-pyrrole nitrogens is 1. The van der Waals surface area contributed by atoms with Crippen molar-refractivity contribution in [3.8, 4) is 11.5 Å². The van der Waals surface area contributed by atoms with Crippen molar-refractivity contribution in [2.75, 3.05) is 13.2 Å². The van der Waals surface area contributed by atoms with E-state index >= 15 is 0 Å². The van der Waals surface area contributed by atoms with Crippen LogP contribution >= 0.6 is 0 Å². The van der Waals surface area contributed by atoms with E-state index in [0.29, 0.717) is 17.1 Å². The first-order chi connectivity index (χ1) is 12.7. The summed E-state index contributed by atoms with van der Waals surface area (Å²) in [4.78, 5) is 32.4. The van der Waals surface area contributed by atoms with Crippen LogP contribution in [0, 0.1) is 6.92 Å². The van der Waals surface area contributed by atoms with Gasteiger partial charge in [0.25, 0.3) is 11.5 Å². The van der Waals surface area contributed by atoms with Crippen molar-refractivity contribution < 1.29 is 27.4 Å². The highest BCUT2D eigenvalue weighted by Gasteiger charge is 2.30. The number of amides is 1. The average Bonchev–Trinajstić information content (AvgIpc) is 3.02. The van der Waals surface area contributed by atoms with E-state index in [0.717, 1.165) is 0 Å². The summed E-state index contributed by atoms with van der Waals surface area (Å²) in [7, 11) is 0. The summed E-state index contributed by atoms with van der Waals surface area (Å²) in [5, 5.41) is 0. The maximum atomic E-state index is 12.4. The fourth-order valence-electron chi connectivity index (χ4n) is 2.65. The van der Waals surface area contributed by atoms with E-state index in [-0.39, 0.29) is 30.1 Å². The highest BCUT2D eigenvalue weighted by atomic mass is 19.4. The standard InChI is InChI=1S/C17H16F3N3O4/c1-10-21-12-7-23(6-11(12)16(25)22-10)15(24)8-26-13-4-2-3-5-14(13)27-9-17(18,19)20/h2-5H,6-9H2,1H3,(H,21,22,25). The molecule has 0 saturated carbocycles. The lowest BCUT2D eigenvalue weighted by atomic mass is 10.3. The smallest absolute Gasteiger partial charge is 0.422 e. The van der Waals surface area contributed by atoms with Gasteiger partial charge in [0.05, 0.1) is 24.3 Å². The number of aromatic nitrogens is 2. The number of alkyl halides is 3. The van der Waals surface area contributed by atoms with Crippen LogP contribution in [0.3, 0.4) is 0 Å². The number of para-hydroxylation sites is 2. The van der Waals surface area contributed by atoms with E-state index < -0.39 is 25.3 Å². The minimum atomic E-state index is -4.48. The van der Waals surface area contributed by atoms with Gasteiger partial charge in [-0.2, -0.15) is 13.2 Å². The number of fused-ring (bicyclic) bond motifs is 1. The number of nitrogens with one attached hydrogen (secondary N) is 1. The van der Waals surface area contributed by atoms with E-state index in [2.05, 4.69) is 9.97 Å². The number of rotatable bonds is 5. The molecule has 27 heavy (non-hydrogen) atoms. The summed E-state index contributed by atoms with van der Waals surface area (Å²) < 4.78 is 47.0. The van der Waals surface area contributed by atoms with Crippen LogP contribution in [0.25, 0.3) is 0 Å². The van der Waals surface area contributed by atoms with Gasteiger partial charge in [0.2, 0.25) is 0 Å². The van der Waals surface area contributed by atoms with Crippen LogP contribution in [0.1, 0.15) is 17.1 Å². The molecule has 1 aliphatic rings. The van der Waals surface area contributed by atoms with Crippen LogP contribution in [-0.2, 0) is 17.9 Å². The van der Waals surface area contributed by atoms with Crippen LogP contribution < -0.4 is 15.0 Å². The Labute approximate surface area is 151 Å². The van der Waals surface area contributed by atoms with Gasteiger partial charge in [-0.1, -0.05) is 12.1 Å². The van der Waals surface area contributed by atoms with E-state index in [9.17, 15) is 22.8 Å². The van der Waals surface area contributed by atoms with Crippen molar-refractivity contribution in [2.45, 2.75) is 26.2 Å². The SMILES string of the molecule is Cc1nc2c(c(=O)[nH]1)CN(C(=O)COc1ccccc1OCC(F)(F)F)C2. The Kier molecular flexibility index (Phi) is 5.06. The second-order valence-electron chi connectivity index (χ2n) is 5.97. The minimum Gasteiger partial charge on any atom is -0.480 e. The third kappa shape index (κ3) is 4.57. The van der Waals surface area contributed by atoms with Crippen LogP contribution in [0.15, 0.2) is 29.1 Å². The van der Waals surface area contributed by atoms with E-state index in [4.69, 9.17) is 9.47 Å². The number of hydrogen-bond donors (Lipinski definition) is 1. The Morgan fingerprint density at radius 1 is 1.22 bits per heavy atom. The van der Waals surface area contributed by atoms with Crippen molar-refractivity contribution >= 4 is 5.91 Å². The first-order valence-electron chi connectivity index (χ1n) is 8.01. The predicted octanol–water partition coefficient (Wildman–Crippen LogP) is 1.94.